The van der Waals surface area contributed by atoms with Crippen molar-refractivity contribution < 1.29 is 16.8 Å². The van der Waals surface area contributed by atoms with Gasteiger partial charge in [0.15, 0.2) is 0 Å². The van der Waals surface area contributed by atoms with Crippen molar-refractivity contribution >= 4 is 20.0 Å². The SMILES string of the molecule is CC(NS(=O)(=O)c1ccc(S(=O)(=O)N2CCCC2)cc1)C12CC3CC(CC(C3)C1)C2. The number of rotatable bonds is 6. The van der Waals surface area contributed by atoms with Crippen LogP contribution < -0.4 is 4.72 Å². The van der Waals surface area contributed by atoms with E-state index in [9.17, 15) is 16.8 Å². The molecule has 4 bridgehead atoms. The molecule has 1 unspecified atom stereocenters. The van der Waals surface area contributed by atoms with E-state index in [-0.39, 0.29) is 21.2 Å². The molecule has 6 rings (SSSR count). The fourth-order valence-electron chi connectivity index (χ4n) is 7.00. The Balaban J connectivity index is 1.33. The molecule has 1 saturated heterocycles. The highest BCUT2D eigenvalue weighted by Gasteiger charge is 2.53. The van der Waals surface area contributed by atoms with Gasteiger partial charge in [-0.15, -0.1) is 0 Å². The molecule has 30 heavy (non-hydrogen) atoms. The van der Waals surface area contributed by atoms with E-state index >= 15 is 0 Å². The van der Waals surface area contributed by atoms with Crippen molar-refractivity contribution in [3.8, 4) is 0 Å². The average Bonchev–Trinajstić information content (AvgIpc) is 3.22. The first-order valence-corrected chi connectivity index (χ1v) is 14.2. The first-order chi connectivity index (χ1) is 14.2. The summed E-state index contributed by atoms with van der Waals surface area (Å²) in [5.74, 6) is 2.29. The van der Waals surface area contributed by atoms with Crippen LogP contribution in [0, 0.1) is 23.2 Å². The lowest BCUT2D eigenvalue weighted by atomic mass is 9.48. The second-order valence-corrected chi connectivity index (χ2v) is 13.9. The van der Waals surface area contributed by atoms with Gasteiger partial charge in [-0.1, -0.05) is 0 Å². The van der Waals surface area contributed by atoms with Crippen molar-refractivity contribution in [1.82, 2.24) is 9.03 Å². The van der Waals surface area contributed by atoms with Crippen molar-refractivity contribution in [2.45, 2.75) is 74.1 Å². The van der Waals surface area contributed by atoms with Crippen LogP contribution in [0.4, 0.5) is 0 Å². The molecule has 1 aromatic rings. The van der Waals surface area contributed by atoms with Gasteiger partial charge in [0.1, 0.15) is 0 Å². The Kier molecular flexibility index (Phi) is 5.08. The second kappa shape index (κ2) is 7.29. The molecule has 1 aliphatic heterocycles. The highest BCUT2D eigenvalue weighted by molar-refractivity contribution is 7.89. The zero-order valence-corrected chi connectivity index (χ0v) is 19.2. The number of benzene rings is 1. The number of nitrogens with zero attached hydrogens (tertiary/aromatic N) is 1. The molecule has 5 fully saturated rings. The molecule has 4 aliphatic carbocycles. The Bertz CT molecular complexity index is 976. The molecular formula is C22H32N2O4S2. The highest BCUT2D eigenvalue weighted by atomic mass is 32.2. The third kappa shape index (κ3) is 3.53. The molecule has 4 saturated carbocycles. The Morgan fingerprint density at radius 3 is 1.83 bits per heavy atom. The van der Waals surface area contributed by atoms with Crippen LogP contribution in [-0.4, -0.2) is 40.3 Å². The van der Waals surface area contributed by atoms with Gasteiger partial charge in [0.05, 0.1) is 9.79 Å². The fourth-order valence-corrected chi connectivity index (χ4v) is 9.87. The highest BCUT2D eigenvalue weighted by Crippen LogP contribution is 2.61. The molecule has 0 spiro atoms. The summed E-state index contributed by atoms with van der Waals surface area (Å²) in [5.41, 5.74) is 0.0842. The zero-order valence-electron chi connectivity index (χ0n) is 17.6. The Morgan fingerprint density at radius 1 is 0.867 bits per heavy atom. The summed E-state index contributed by atoms with van der Waals surface area (Å²) in [7, 11) is -7.23. The first kappa shape index (κ1) is 20.9. The molecule has 0 aromatic heterocycles. The smallest absolute Gasteiger partial charge is 0.208 e. The van der Waals surface area contributed by atoms with Crippen molar-refractivity contribution in [2.75, 3.05) is 13.1 Å². The quantitative estimate of drug-likeness (QED) is 0.717. The summed E-state index contributed by atoms with van der Waals surface area (Å²) < 4.78 is 56.0. The minimum absolute atomic E-state index is 0.0842. The van der Waals surface area contributed by atoms with Gasteiger partial charge in [-0.05, 0) is 106 Å². The third-order valence-electron chi connectivity index (χ3n) is 8.17. The van der Waals surface area contributed by atoms with Crippen LogP contribution in [0.15, 0.2) is 34.1 Å². The number of hydrogen-bond acceptors (Lipinski definition) is 4. The summed E-state index contributed by atoms with van der Waals surface area (Å²) >= 11 is 0. The van der Waals surface area contributed by atoms with E-state index in [0.717, 1.165) is 49.9 Å². The summed E-state index contributed by atoms with van der Waals surface area (Å²) in [6.07, 6.45) is 9.12. The summed E-state index contributed by atoms with van der Waals surface area (Å²) in [5, 5.41) is 0. The molecule has 8 heteroatoms. The van der Waals surface area contributed by atoms with E-state index in [2.05, 4.69) is 4.72 Å². The van der Waals surface area contributed by atoms with Gasteiger partial charge < -0.3 is 0 Å². The zero-order chi connectivity index (χ0) is 21.1. The van der Waals surface area contributed by atoms with E-state index < -0.39 is 20.0 Å². The van der Waals surface area contributed by atoms with Crippen molar-refractivity contribution in [3.05, 3.63) is 24.3 Å². The minimum Gasteiger partial charge on any atom is -0.208 e. The molecule has 166 valence electrons. The van der Waals surface area contributed by atoms with Crippen LogP contribution in [0.1, 0.15) is 58.3 Å². The normalized spacial score (nSPS) is 35.0. The maximum absolute atomic E-state index is 13.1. The van der Waals surface area contributed by atoms with Gasteiger partial charge >= 0.3 is 0 Å². The third-order valence-corrected chi connectivity index (χ3v) is 11.6. The van der Waals surface area contributed by atoms with Crippen LogP contribution in [0.5, 0.6) is 0 Å². The topological polar surface area (TPSA) is 83.5 Å². The van der Waals surface area contributed by atoms with Crippen molar-refractivity contribution in [3.63, 3.8) is 0 Å². The molecule has 1 heterocycles. The van der Waals surface area contributed by atoms with Crippen LogP contribution in [-0.2, 0) is 20.0 Å². The van der Waals surface area contributed by atoms with Gasteiger partial charge in [0.2, 0.25) is 20.0 Å². The molecule has 6 nitrogen and oxygen atoms in total. The molecule has 1 aromatic carbocycles. The van der Waals surface area contributed by atoms with Gasteiger partial charge in [0.25, 0.3) is 0 Å². The van der Waals surface area contributed by atoms with E-state index in [1.54, 1.807) is 0 Å². The fraction of sp³-hybridized carbons (Fsp3) is 0.727. The Hall–Kier alpha value is -0.960. The lowest BCUT2D eigenvalue weighted by Crippen LogP contribution is -2.55. The van der Waals surface area contributed by atoms with Crippen LogP contribution >= 0.6 is 0 Å². The first-order valence-electron chi connectivity index (χ1n) is 11.3. The predicted molar refractivity (Wildman–Crippen MR) is 115 cm³/mol. The molecule has 0 radical (unpaired) electrons. The standard InChI is InChI=1S/C22H32N2O4S2/c1-16(22-13-17-10-18(14-22)12-19(11-17)15-22)23-29(25,26)20-4-6-21(7-5-20)30(27,28)24-8-2-3-9-24/h4-7,16-19,23H,2-3,8-15H2,1H3. The van der Waals surface area contributed by atoms with Crippen LogP contribution in [0.2, 0.25) is 0 Å². The van der Waals surface area contributed by atoms with E-state index in [1.165, 1.54) is 47.8 Å². The molecule has 1 atom stereocenters. The van der Waals surface area contributed by atoms with Crippen molar-refractivity contribution in [2.24, 2.45) is 23.2 Å². The molecular weight excluding hydrogens is 420 g/mol. The molecule has 0 amide bonds. The monoisotopic (exact) mass is 452 g/mol. The Labute approximate surface area is 180 Å². The van der Waals surface area contributed by atoms with E-state index in [4.69, 9.17) is 0 Å². The van der Waals surface area contributed by atoms with Gasteiger partial charge in [-0.25, -0.2) is 21.6 Å². The summed E-state index contributed by atoms with van der Waals surface area (Å²) in [6, 6.07) is 5.61. The van der Waals surface area contributed by atoms with Crippen LogP contribution in [0.25, 0.3) is 0 Å². The average molecular weight is 453 g/mol. The summed E-state index contributed by atoms with van der Waals surface area (Å²) in [4.78, 5) is 0.303. The maximum Gasteiger partial charge on any atom is 0.243 e. The lowest BCUT2D eigenvalue weighted by Gasteiger charge is -2.59. The lowest BCUT2D eigenvalue weighted by molar-refractivity contribution is -0.0666. The van der Waals surface area contributed by atoms with E-state index in [1.807, 2.05) is 6.92 Å². The minimum atomic E-state index is -3.69. The number of nitrogens with one attached hydrogen (secondary N) is 1. The predicted octanol–water partition coefficient (Wildman–Crippen LogP) is 3.35. The van der Waals surface area contributed by atoms with Gasteiger partial charge in [-0.3, -0.25) is 0 Å². The largest absolute Gasteiger partial charge is 0.243 e. The van der Waals surface area contributed by atoms with Crippen LogP contribution in [0.3, 0.4) is 0 Å². The maximum atomic E-state index is 13.1. The van der Waals surface area contributed by atoms with Gasteiger partial charge in [-0.2, -0.15) is 4.31 Å². The molecule has 1 N–H and O–H groups in total. The number of hydrogen-bond donors (Lipinski definition) is 1. The van der Waals surface area contributed by atoms with Gasteiger partial charge in [0, 0.05) is 19.1 Å². The van der Waals surface area contributed by atoms with Crippen molar-refractivity contribution in [1.29, 1.82) is 0 Å². The second-order valence-electron chi connectivity index (χ2n) is 10.2. The molecule has 5 aliphatic rings. The van der Waals surface area contributed by atoms with E-state index in [0.29, 0.717) is 13.1 Å². The Morgan fingerprint density at radius 2 is 1.33 bits per heavy atom. The number of sulfonamides is 2. The summed E-state index contributed by atoms with van der Waals surface area (Å²) in [6.45, 7) is 3.09.